The van der Waals surface area contributed by atoms with E-state index in [1.165, 1.54) is 31.7 Å². The topological polar surface area (TPSA) is 93.5 Å². The lowest BCUT2D eigenvalue weighted by atomic mass is 9.85. The van der Waals surface area contributed by atoms with E-state index < -0.39 is 15.8 Å². The minimum Gasteiger partial charge on any atom is -0.340 e. The van der Waals surface area contributed by atoms with Crippen LogP contribution in [0.4, 0.5) is 4.39 Å². The van der Waals surface area contributed by atoms with Gasteiger partial charge in [0.1, 0.15) is 11.9 Å². The molecule has 7 nitrogen and oxygen atoms in total. The van der Waals surface area contributed by atoms with Crippen LogP contribution in [0, 0.1) is 23.1 Å². The summed E-state index contributed by atoms with van der Waals surface area (Å²) < 4.78 is 41.5. The van der Waals surface area contributed by atoms with Gasteiger partial charge in [0.05, 0.1) is 10.5 Å². The molecule has 0 radical (unpaired) electrons. The van der Waals surface area contributed by atoms with Gasteiger partial charge >= 0.3 is 0 Å². The van der Waals surface area contributed by atoms with Crippen LogP contribution in [-0.2, 0) is 14.8 Å². The van der Waals surface area contributed by atoms with Crippen LogP contribution in [0.15, 0.2) is 23.1 Å². The molecule has 4 rings (SSSR count). The number of nitrogens with one attached hydrogen (secondary N) is 1. The molecular weight excluding hydrogens is 431 g/mol. The summed E-state index contributed by atoms with van der Waals surface area (Å²) in [7, 11) is -3.85. The van der Waals surface area contributed by atoms with Crippen molar-refractivity contribution in [1.29, 1.82) is 5.26 Å². The molecule has 1 aliphatic heterocycles. The summed E-state index contributed by atoms with van der Waals surface area (Å²) in [5.74, 6) is -0.589. The summed E-state index contributed by atoms with van der Waals surface area (Å²) in [6.45, 7) is 3.48. The largest absolute Gasteiger partial charge is 0.340 e. The molecule has 0 bridgehead atoms. The van der Waals surface area contributed by atoms with Gasteiger partial charge in [-0.3, -0.25) is 9.69 Å². The number of rotatable bonds is 5. The van der Waals surface area contributed by atoms with Crippen LogP contribution in [0.5, 0.6) is 0 Å². The monoisotopic (exact) mass is 462 g/mol. The van der Waals surface area contributed by atoms with E-state index >= 15 is 0 Å². The molecule has 0 unspecified atom stereocenters. The van der Waals surface area contributed by atoms with Crippen molar-refractivity contribution in [3.8, 4) is 6.07 Å². The number of nitrogens with zero attached hydrogens (tertiary/aromatic N) is 3. The predicted molar refractivity (Wildman–Crippen MR) is 118 cm³/mol. The molecular formula is C23H31FN4O3S. The fourth-order valence-electron chi connectivity index (χ4n) is 5.34. The van der Waals surface area contributed by atoms with Crippen LogP contribution in [0.3, 0.4) is 0 Å². The number of carbonyl (C=O) groups excluding carboxylic acids is 1. The van der Waals surface area contributed by atoms with Crippen molar-refractivity contribution in [2.24, 2.45) is 5.92 Å². The molecule has 2 saturated carbocycles. The minimum absolute atomic E-state index is 0.0511. The third-order valence-electron chi connectivity index (χ3n) is 7.23. The summed E-state index contributed by atoms with van der Waals surface area (Å²) in [6, 6.07) is 5.31. The molecule has 1 aromatic carbocycles. The Bertz CT molecular complexity index is 971. The van der Waals surface area contributed by atoms with Gasteiger partial charge in [-0.25, -0.2) is 17.5 Å². The minimum atomic E-state index is -3.85. The second kappa shape index (κ2) is 9.86. The first kappa shape index (κ1) is 23.1. The maximum absolute atomic E-state index is 13.5. The fourth-order valence-corrected chi connectivity index (χ4v) is 6.67. The Balaban J connectivity index is 1.27. The smallest absolute Gasteiger partial charge is 0.240 e. The van der Waals surface area contributed by atoms with Gasteiger partial charge in [-0.1, -0.05) is 12.8 Å². The predicted octanol–water partition coefficient (Wildman–Crippen LogP) is 2.62. The second-order valence-electron chi connectivity index (χ2n) is 9.22. The van der Waals surface area contributed by atoms with Crippen LogP contribution in [0.25, 0.3) is 0 Å². The van der Waals surface area contributed by atoms with Gasteiger partial charge in [0.15, 0.2) is 0 Å². The molecule has 2 aliphatic carbocycles. The number of hydrogen-bond donors (Lipinski definition) is 1. The van der Waals surface area contributed by atoms with Crippen molar-refractivity contribution in [3.63, 3.8) is 0 Å². The van der Waals surface area contributed by atoms with E-state index in [0.717, 1.165) is 38.3 Å². The van der Waals surface area contributed by atoms with Gasteiger partial charge in [0.25, 0.3) is 0 Å². The zero-order valence-electron chi connectivity index (χ0n) is 18.3. The first-order valence-electron chi connectivity index (χ1n) is 11.6. The van der Waals surface area contributed by atoms with Crippen LogP contribution in [0.2, 0.25) is 0 Å². The molecule has 1 heterocycles. The quantitative estimate of drug-likeness (QED) is 0.726. The van der Waals surface area contributed by atoms with Gasteiger partial charge < -0.3 is 4.90 Å². The zero-order chi connectivity index (χ0) is 22.7. The van der Waals surface area contributed by atoms with Crippen molar-refractivity contribution < 1.29 is 17.6 Å². The third kappa shape index (κ3) is 5.13. The molecule has 0 atom stereocenters. The lowest BCUT2D eigenvalue weighted by Gasteiger charge is -2.40. The molecule has 3 fully saturated rings. The van der Waals surface area contributed by atoms with Gasteiger partial charge in [-0.2, -0.15) is 5.26 Å². The van der Waals surface area contributed by atoms with Gasteiger partial charge in [0, 0.05) is 44.2 Å². The van der Waals surface area contributed by atoms with Crippen molar-refractivity contribution >= 4 is 15.9 Å². The van der Waals surface area contributed by atoms with Crippen LogP contribution in [-0.4, -0.2) is 62.4 Å². The molecule has 1 amide bonds. The van der Waals surface area contributed by atoms with E-state index in [1.54, 1.807) is 6.07 Å². The maximum atomic E-state index is 13.5. The van der Waals surface area contributed by atoms with E-state index in [1.807, 2.05) is 4.90 Å². The fraction of sp³-hybridized carbons (Fsp3) is 0.652. The summed E-state index contributed by atoms with van der Waals surface area (Å²) in [4.78, 5) is 17.4. The SMILES string of the molecule is N#Cc1cc(S(=O)(=O)N[C@H]2CC[C@H](C(=O)N3CCN(C4CCCC4)CC3)CC2)ccc1F. The Morgan fingerprint density at radius 1 is 1.03 bits per heavy atom. The number of benzene rings is 1. The van der Waals surface area contributed by atoms with E-state index in [-0.39, 0.29) is 28.3 Å². The number of amides is 1. The third-order valence-corrected chi connectivity index (χ3v) is 8.75. The lowest BCUT2D eigenvalue weighted by Crippen LogP contribution is -2.53. The molecule has 1 N–H and O–H groups in total. The van der Waals surface area contributed by atoms with Crippen LogP contribution < -0.4 is 4.72 Å². The Morgan fingerprint density at radius 3 is 2.31 bits per heavy atom. The number of halogens is 1. The van der Waals surface area contributed by atoms with Crippen LogP contribution >= 0.6 is 0 Å². The van der Waals surface area contributed by atoms with Gasteiger partial charge in [-0.05, 0) is 56.7 Å². The highest BCUT2D eigenvalue weighted by atomic mass is 32.2. The standard InChI is InChI=1S/C23H31FN4O3S/c24-22-10-9-21(15-18(22)16-25)32(30,31)26-19-7-5-17(6-8-19)23(29)28-13-11-27(12-14-28)20-3-1-2-4-20/h9-10,15,17,19-20,26H,1-8,11-14H2/t17-,19-. The Hall–Kier alpha value is -2.02. The normalized spacial score (nSPS) is 25.6. The first-order chi connectivity index (χ1) is 15.4. The van der Waals surface area contributed by atoms with E-state index in [4.69, 9.17) is 5.26 Å². The van der Waals surface area contributed by atoms with Crippen molar-refractivity contribution in [1.82, 2.24) is 14.5 Å². The van der Waals surface area contributed by atoms with Crippen molar-refractivity contribution in [2.45, 2.75) is 68.3 Å². The Morgan fingerprint density at radius 2 is 1.69 bits per heavy atom. The van der Waals surface area contributed by atoms with Gasteiger partial charge in [0.2, 0.25) is 15.9 Å². The number of sulfonamides is 1. The maximum Gasteiger partial charge on any atom is 0.240 e. The average molecular weight is 463 g/mol. The average Bonchev–Trinajstić information content (AvgIpc) is 3.34. The van der Waals surface area contributed by atoms with Crippen LogP contribution in [0.1, 0.15) is 56.9 Å². The Kier molecular flexibility index (Phi) is 7.13. The molecule has 9 heteroatoms. The number of nitriles is 1. The second-order valence-corrected chi connectivity index (χ2v) is 10.9. The summed E-state index contributed by atoms with van der Waals surface area (Å²) in [5.41, 5.74) is -0.296. The summed E-state index contributed by atoms with van der Waals surface area (Å²) in [6.07, 6.45) is 7.68. The molecule has 0 aromatic heterocycles. The van der Waals surface area contributed by atoms with Crippen molar-refractivity contribution in [3.05, 3.63) is 29.6 Å². The summed E-state index contributed by atoms with van der Waals surface area (Å²) in [5, 5.41) is 8.94. The molecule has 32 heavy (non-hydrogen) atoms. The molecule has 3 aliphatic rings. The van der Waals surface area contributed by atoms with E-state index in [9.17, 15) is 17.6 Å². The highest BCUT2D eigenvalue weighted by Gasteiger charge is 2.34. The molecule has 174 valence electrons. The Labute approximate surface area is 189 Å². The molecule has 0 spiro atoms. The highest BCUT2D eigenvalue weighted by molar-refractivity contribution is 7.89. The van der Waals surface area contributed by atoms with E-state index in [2.05, 4.69) is 9.62 Å². The molecule has 1 saturated heterocycles. The first-order valence-corrected chi connectivity index (χ1v) is 13.1. The van der Waals surface area contributed by atoms with E-state index in [0.29, 0.717) is 31.7 Å². The lowest BCUT2D eigenvalue weighted by molar-refractivity contribution is -0.138. The highest BCUT2D eigenvalue weighted by Crippen LogP contribution is 2.29. The number of carbonyl (C=O) groups is 1. The molecule has 1 aromatic rings. The zero-order valence-corrected chi connectivity index (χ0v) is 19.1. The number of piperazine rings is 1. The summed E-state index contributed by atoms with van der Waals surface area (Å²) >= 11 is 0. The van der Waals surface area contributed by atoms with Gasteiger partial charge in [-0.15, -0.1) is 0 Å². The van der Waals surface area contributed by atoms with Crippen molar-refractivity contribution in [2.75, 3.05) is 26.2 Å². The number of hydrogen-bond acceptors (Lipinski definition) is 5.